The normalized spacial score (nSPS) is 23.0. The molecular formula is C50H94NO12P. The average molecular weight is 932 g/mol. The molecule has 13 nitrogen and oxygen atoms in total. The Hall–Kier alpha value is -1.48. The molecular weight excluding hydrogens is 838 g/mol. The molecule has 0 aliphatic heterocycles. The summed E-state index contributed by atoms with van der Waals surface area (Å²) in [7, 11) is -5.15. The smallest absolute Gasteiger partial charge is 0.393 e. The Bertz CT molecular complexity index is 1240. The van der Waals surface area contributed by atoms with Crippen LogP contribution in [0.4, 0.5) is 0 Å². The lowest BCUT2D eigenvalue weighted by atomic mass is 9.85. The molecule has 8 unspecified atom stereocenters. The molecule has 376 valence electrons. The Morgan fingerprint density at radius 1 is 0.547 bits per heavy atom. The third-order valence-electron chi connectivity index (χ3n) is 12.2. The molecule has 14 heteroatoms. The van der Waals surface area contributed by atoms with Gasteiger partial charge in [0.25, 0.3) is 0 Å². The first-order valence-corrected chi connectivity index (χ1v) is 27.0. The molecule has 0 saturated heterocycles. The summed E-state index contributed by atoms with van der Waals surface area (Å²) in [5.41, 5.74) is 0. The van der Waals surface area contributed by atoms with Gasteiger partial charge < -0.3 is 46.0 Å². The molecule has 64 heavy (non-hydrogen) atoms. The largest absolute Gasteiger partial charge is 0.472 e. The van der Waals surface area contributed by atoms with Crippen molar-refractivity contribution >= 4 is 13.7 Å². The SMILES string of the molecule is CCCCCCCCC/C=C\CCCCCC(O)CC(=O)NC(COP(=O)(O)OC1C(O)C(O)C(O)C(O)C1O)C(O)/C=C/CC/C=C/CCCCCCCCCCCCCCCC. The van der Waals surface area contributed by atoms with Crippen LogP contribution in [0.25, 0.3) is 0 Å². The molecule has 0 aromatic rings. The minimum absolute atomic E-state index is 0.263. The van der Waals surface area contributed by atoms with Crippen LogP contribution in [0.5, 0.6) is 0 Å². The minimum atomic E-state index is -5.15. The van der Waals surface area contributed by atoms with Gasteiger partial charge in [0.05, 0.1) is 31.3 Å². The van der Waals surface area contributed by atoms with Gasteiger partial charge in [-0.05, 0) is 57.8 Å². The molecule has 1 aliphatic rings. The number of aliphatic hydroxyl groups is 7. The first-order chi connectivity index (χ1) is 30.8. The summed E-state index contributed by atoms with van der Waals surface area (Å²) < 4.78 is 22.9. The Morgan fingerprint density at radius 3 is 1.38 bits per heavy atom. The molecule has 0 spiro atoms. The van der Waals surface area contributed by atoms with Crippen molar-refractivity contribution in [1.82, 2.24) is 5.32 Å². The number of nitrogens with one attached hydrogen (secondary N) is 1. The molecule has 0 bridgehead atoms. The van der Waals surface area contributed by atoms with Gasteiger partial charge in [0.2, 0.25) is 5.91 Å². The number of carbonyl (C=O) groups is 1. The second kappa shape index (κ2) is 39.5. The fraction of sp³-hybridized carbons (Fsp3) is 0.860. The third-order valence-corrected chi connectivity index (χ3v) is 13.2. The Kier molecular flexibility index (Phi) is 37.4. The highest BCUT2D eigenvalue weighted by atomic mass is 31.2. The average Bonchev–Trinajstić information content (AvgIpc) is 3.27. The van der Waals surface area contributed by atoms with E-state index in [9.17, 15) is 50.0 Å². The lowest BCUT2D eigenvalue weighted by Gasteiger charge is -2.41. The molecule has 1 amide bonds. The van der Waals surface area contributed by atoms with Crippen molar-refractivity contribution in [1.29, 1.82) is 0 Å². The van der Waals surface area contributed by atoms with Crippen LogP contribution in [-0.4, -0.2) is 108 Å². The third kappa shape index (κ3) is 30.7. The number of phosphoric acid groups is 1. The van der Waals surface area contributed by atoms with Crippen LogP contribution >= 0.6 is 7.82 Å². The van der Waals surface area contributed by atoms with Crippen LogP contribution in [0.15, 0.2) is 36.5 Å². The monoisotopic (exact) mass is 932 g/mol. The summed E-state index contributed by atoms with van der Waals surface area (Å²) >= 11 is 0. The predicted octanol–water partition coefficient (Wildman–Crippen LogP) is 9.31. The standard InChI is InChI=1S/C50H94NO12P/c1-3-5-7-9-11-13-15-17-19-20-21-22-23-24-26-28-30-32-34-36-38-43(53)42(40-62-64(60,61)63-50-48(58)46(56)45(55)47(57)49(50)59)51-44(54)39-41(52)37-35-33-31-29-27-25-18-16-14-12-10-8-6-4-2/h25,27-28,30,36,38,41-43,45-50,52-53,55-59H,3-24,26,29,31-35,37,39-40H2,1-2H3,(H,51,54)(H,60,61)/b27-25-,30-28+,38-36+. The van der Waals surface area contributed by atoms with Gasteiger partial charge in [0.15, 0.2) is 0 Å². The second-order valence-electron chi connectivity index (χ2n) is 18.2. The maximum atomic E-state index is 13.0. The van der Waals surface area contributed by atoms with E-state index in [-0.39, 0.29) is 6.42 Å². The molecule has 0 radical (unpaired) electrons. The fourth-order valence-corrected chi connectivity index (χ4v) is 8.98. The van der Waals surface area contributed by atoms with E-state index >= 15 is 0 Å². The van der Waals surface area contributed by atoms with Crippen LogP contribution < -0.4 is 5.32 Å². The summed E-state index contributed by atoms with van der Waals surface area (Å²) in [6.07, 6.45) is 32.3. The summed E-state index contributed by atoms with van der Waals surface area (Å²) in [5, 5.41) is 74.6. The van der Waals surface area contributed by atoms with Gasteiger partial charge in [-0.25, -0.2) is 4.57 Å². The van der Waals surface area contributed by atoms with Crippen molar-refractivity contribution in [3.63, 3.8) is 0 Å². The number of unbranched alkanes of at least 4 members (excludes halogenated alkanes) is 25. The highest BCUT2D eigenvalue weighted by Crippen LogP contribution is 2.47. The van der Waals surface area contributed by atoms with Crippen molar-refractivity contribution in [2.45, 2.75) is 268 Å². The lowest BCUT2D eigenvalue weighted by Crippen LogP contribution is -2.64. The van der Waals surface area contributed by atoms with E-state index in [0.29, 0.717) is 12.8 Å². The predicted molar refractivity (Wildman–Crippen MR) is 257 cm³/mol. The molecule has 0 aromatic carbocycles. The van der Waals surface area contributed by atoms with E-state index < -0.39 is 75.2 Å². The van der Waals surface area contributed by atoms with E-state index in [1.165, 1.54) is 134 Å². The molecule has 9 N–H and O–H groups in total. The maximum Gasteiger partial charge on any atom is 0.472 e. The van der Waals surface area contributed by atoms with Crippen LogP contribution in [0.2, 0.25) is 0 Å². The summed E-state index contributed by atoms with van der Waals surface area (Å²) in [5.74, 6) is -0.611. The van der Waals surface area contributed by atoms with Crippen molar-refractivity contribution in [2.24, 2.45) is 0 Å². The minimum Gasteiger partial charge on any atom is -0.393 e. The zero-order valence-corrected chi connectivity index (χ0v) is 40.8. The van der Waals surface area contributed by atoms with Gasteiger partial charge in [-0.1, -0.05) is 185 Å². The molecule has 0 aromatic heterocycles. The molecule has 1 saturated carbocycles. The van der Waals surface area contributed by atoms with Crippen LogP contribution in [0, 0.1) is 0 Å². The van der Waals surface area contributed by atoms with E-state index in [4.69, 9.17) is 9.05 Å². The number of phosphoric ester groups is 1. The Balaban J connectivity index is 2.53. The molecule has 8 atom stereocenters. The summed E-state index contributed by atoms with van der Waals surface area (Å²) in [4.78, 5) is 23.5. The van der Waals surface area contributed by atoms with E-state index in [0.717, 1.165) is 51.4 Å². The first-order valence-electron chi connectivity index (χ1n) is 25.5. The van der Waals surface area contributed by atoms with Gasteiger partial charge in [-0.2, -0.15) is 0 Å². The second-order valence-corrected chi connectivity index (χ2v) is 19.6. The van der Waals surface area contributed by atoms with Gasteiger partial charge >= 0.3 is 7.82 Å². The molecule has 1 fully saturated rings. The van der Waals surface area contributed by atoms with Crippen LogP contribution in [-0.2, 0) is 18.4 Å². The van der Waals surface area contributed by atoms with Crippen molar-refractivity contribution in [2.75, 3.05) is 6.61 Å². The number of carbonyl (C=O) groups excluding carboxylic acids is 1. The van der Waals surface area contributed by atoms with Crippen LogP contribution in [0.3, 0.4) is 0 Å². The zero-order chi connectivity index (χ0) is 47.3. The highest BCUT2D eigenvalue weighted by Gasteiger charge is 2.51. The summed E-state index contributed by atoms with van der Waals surface area (Å²) in [6, 6.07) is -1.26. The lowest BCUT2D eigenvalue weighted by molar-refractivity contribution is -0.220. The van der Waals surface area contributed by atoms with Crippen molar-refractivity contribution < 1.29 is 59.0 Å². The van der Waals surface area contributed by atoms with Crippen LogP contribution in [0.1, 0.15) is 213 Å². The quantitative estimate of drug-likeness (QED) is 0.0159. The number of allylic oxidation sites excluding steroid dienone is 5. The van der Waals surface area contributed by atoms with Gasteiger partial charge in [0.1, 0.15) is 36.6 Å². The van der Waals surface area contributed by atoms with E-state index in [1.54, 1.807) is 6.08 Å². The maximum absolute atomic E-state index is 13.0. The van der Waals surface area contributed by atoms with Crippen molar-refractivity contribution in [3.8, 4) is 0 Å². The Morgan fingerprint density at radius 2 is 0.922 bits per heavy atom. The van der Waals surface area contributed by atoms with E-state index in [1.807, 2.05) is 0 Å². The van der Waals surface area contributed by atoms with Gasteiger partial charge in [-0.15, -0.1) is 0 Å². The topological polar surface area (TPSA) is 226 Å². The number of hydrogen-bond acceptors (Lipinski definition) is 11. The number of hydrogen-bond donors (Lipinski definition) is 9. The molecule has 1 rings (SSSR count). The first kappa shape index (κ1) is 60.5. The molecule has 1 aliphatic carbocycles. The zero-order valence-electron chi connectivity index (χ0n) is 39.9. The fourth-order valence-electron chi connectivity index (χ4n) is 8.02. The van der Waals surface area contributed by atoms with E-state index in [2.05, 4.69) is 43.5 Å². The highest BCUT2D eigenvalue weighted by molar-refractivity contribution is 7.47. The number of aliphatic hydroxyl groups excluding tert-OH is 7. The van der Waals surface area contributed by atoms with Gasteiger partial charge in [0, 0.05) is 0 Å². The molecule has 0 heterocycles. The Labute approximate surface area is 387 Å². The van der Waals surface area contributed by atoms with Crippen molar-refractivity contribution in [3.05, 3.63) is 36.5 Å². The summed E-state index contributed by atoms with van der Waals surface area (Å²) in [6.45, 7) is 3.74. The number of rotatable bonds is 42. The number of amides is 1. The van der Waals surface area contributed by atoms with Gasteiger partial charge in [-0.3, -0.25) is 13.8 Å².